The summed E-state index contributed by atoms with van der Waals surface area (Å²) >= 11 is 0. The standard InChI is InChI=1S/C21H34O4/c1-18(2)20(23)25-17-11-9-7-5-3-4-6-8-10-14-21(24)15-12-19(22)13-16-21/h12-13,15,22,24H,1,3-11,14,16-17H2,2H3. The quantitative estimate of drug-likeness (QED) is 0.274. The van der Waals surface area contributed by atoms with Crippen LogP contribution in [0.1, 0.15) is 77.6 Å². The summed E-state index contributed by atoms with van der Waals surface area (Å²) in [6.07, 6.45) is 16.5. The number of carbonyl (C=O) groups is 1. The van der Waals surface area contributed by atoms with Crippen LogP contribution in [-0.4, -0.2) is 28.4 Å². The van der Waals surface area contributed by atoms with Crippen LogP contribution >= 0.6 is 0 Å². The second kappa shape index (κ2) is 11.9. The minimum absolute atomic E-state index is 0.249. The van der Waals surface area contributed by atoms with Crippen LogP contribution in [-0.2, 0) is 9.53 Å². The Morgan fingerprint density at radius 1 is 1.12 bits per heavy atom. The van der Waals surface area contributed by atoms with Crippen molar-refractivity contribution in [2.24, 2.45) is 0 Å². The van der Waals surface area contributed by atoms with Crippen LogP contribution in [0.4, 0.5) is 0 Å². The van der Waals surface area contributed by atoms with E-state index in [4.69, 9.17) is 4.74 Å². The molecule has 0 spiro atoms. The van der Waals surface area contributed by atoms with E-state index in [0.717, 1.165) is 32.1 Å². The molecule has 0 bridgehead atoms. The van der Waals surface area contributed by atoms with E-state index in [9.17, 15) is 15.0 Å². The molecule has 1 atom stereocenters. The maximum absolute atomic E-state index is 11.2. The van der Waals surface area contributed by atoms with Crippen molar-refractivity contribution >= 4 is 5.97 Å². The van der Waals surface area contributed by atoms with Gasteiger partial charge in [-0.25, -0.2) is 4.79 Å². The third-order valence-corrected chi connectivity index (χ3v) is 4.56. The third kappa shape index (κ3) is 10.1. The van der Waals surface area contributed by atoms with Gasteiger partial charge in [-0.1, -0.05) is 57.9 Å². The van der Waals surface area contributed by atoms with E-state index in [1.165, 1.54) is 32.1 Å². The zero-order valence-electron chi connectivity index (χ0n) is 15.6. The normalized spacial score (nSPS) is 19.5. The minimum Gasteiger partial charge on any atom is -0.508 e. The van der Waals surface area contributed by atoms with Crippen molar-refractivity contribution in [3.63, 3.8) is 0 Å². The maximum atomic E-state index is 11.2. The lowest BCUT2D eigenvalue weighted by molar-refractivity contribution is -0.139. The number of allylic oxidation sites excluding steroid dienone is 1. The van der Waals surface area contributed by atoms with Gasteiger partial charge in [0.2, 0.25) is 0 Å². The van der Waals surface area contributed by atoms with Crippen molar-refractivity contribution in [2.75, 3.05) is 6.61 Å². The van der Waals surface area contributed by atoms with E-state index >= 15 is 0 Å². The molecule has 0 aromatic carbocycles. The van der Waals surface area contributed by atoms with Gasteiger partial charge in [-0.2, -0.15) is 0 Å². The highest BCUT2D eigenvalue weighted by molar-refractivity contribution is 5.86. The van der Waals surface area contributed by atoms with E-state index < -0.39 is 5.60 Å². The molecule has 0 saturated carbocycles. The Balaban J connectivity index is 1.86. The van der Waals surface area contributed by atoms with E-state index in [0.29, 0.717) is 18.6 Å². The number of carbonyl (C=O) groups excluding carboxylic acids is 1. The minimum atomic E-state index is -0.764. The summed E-state index contributed by atoms with van der Waals surface area (Å²) in [5.41, 5.74) is -0.305. The van der Waals surface area contributed by atoms with E-state index in [-0.39, 0.29) is 11.7 Å². The summed E-state index contributed by atoms with van der Waals surface area (Å²) in [5, 5.41) is 19.6. The highest BCUT2D eigenvalue weighted by Crippen LogP contribution is 2.26. The fourth-order valence-corrected chi connectivity index (χ4v) is 2.90. The predicted octanol–water partition coefficient (Wildman–Crippen LogP) is 5.14. The SMILES string of the molecule is C=C(C)C(=O)OCCCCCCCCCCCC1(O)C=CC(O)=CC1. The predicted molar refractivity (Wildman–Crippen MR) is 101 cm³/mol. The first-order valence-electron chi connectivity index (χ1n) is 9.56. The second-order valence-electron chi connectivity index (χ2n) is 7.12. The van der Waals surface area contributed by atoms with Crippen LogP contribution in [0, 0.1) is 0 Å². The average Bonchev–Trinajstić information content (AvgIpc) is 2.58. The monoisotopic (exact) mass is 350 g/mol. The third-order valence-electron chi connectivity index (χ3n) is 4.56. The highest BCUT2D eigenvalue weighted by atomic mass is 16.5. The average molecular weight is 350 g/mol. The van der Waals surface area contributed by atoms with Crippen LogP contribution in [0.15, 0.2) is 36.1 Å². The Hall–Kier alpha value is -1.55. The van der Waals surface area contributed by atoms with Gasteiger partial charge < -0.3 is 14.9 Å². The fourth-order valence-electron chi connectivity index (χ4n) is 2.90. The second-order valence-corrected chi connectivity index (χ2v) is 7.12. The smallest absolute Gasteiger partial charge is 0.333 e. The molecule has 0 radical (unpaired) electrons. The molecule has 142 valence electrons. The van der Waals surface area contributed by atoms with Gasteiger partial charge in [0, 0.05) is 12.0 Å². The van der Waals surface area contributed by atoms with Gasteiger partial charge in [-0.15, -0.1) is 0 Å². The van der Waals surface area contributed by atoms with Crippen molar-refractivity contribution in [1.82, 2.24) is 0 Å². The molecule has 0 heterocycles. The molecular formula is C21H34O4. The van der Waals surface area contributed by atoms with Crippen LogP contribution < -0.4 is 0 Å². The molecule has 0 aromatic heterocycles. The fraction of sp³-hybridized carbons (Fsp3) is 0.667. The molecule has 1 rings (SSSR count). The lowest BCUT2D eigenvalue weighted by Gasteiger charge is -2.25. The van der Waals surface area contributed by atoms with Crippen LogP contribution in [0.3, 0.4) is 0 Å². The van der Waals surface area contributed by atoms with E-state index in [1.807, 2.05) is 0 Å². The van der Waals surface area contributed by atoms with Crippen molar-refractivity contribution in [2.45, 2.75) is 83.2 Å². The topological polar surface area (TPSA) is 66.8 Å². The first kappa shape index (κ1) is 21.5. The first-order chi connectivity index (χ1) is 11.9. The molecule has 0 aliphatic heterocycles. The van der Waals surface area contributed by atoms with Crippen LogP contribution in [0.25, 0.3) is 0 Å². The highest BCUT2D eigenvalue weighted by Gasteiger charge is 2.24. The largest absolute Gasteiger partial charge is 0.508 e. The number of rotatable bonds is 13. The molecule has 1 aliphatic carbocycles. The molecule has 1 aliphatic rings. The van der Waals surface area contributed by atoms with Gasteiger partial charge in [0.05, 0.1) is 12.2 Å². The lowest BCUT2D eigenvalue weighted by Crippen LogP contribution is -2.26. The number of hydrogen-bond donors (Lipinski definition) is 2. The molecule has 25 heavy (non-hydrogen) atoms. The summed E-state index contributed by atoms with van der Waals surface area (Å²) in [6.45, 7) is 5.71. The van der Waals surface area contributed by atoms with Crippen molar-refractivity contribution in [1.29, 1.82) is 0 Å². The number of esters is 1. The molecule has 1 unspecified atom stereocenters. The Labute approximate surface area is 152 Å². The van der Waals surface area contributed by atoms with Crippen molar-refractivity contribution < 1.29 is 19.7 Å². The molecule has 4 heteroatoms. The van der Waals surface area contributed by atoms with Crippen molar-refractivity contribution in [3.8, 4) is 0 Å². The zero-order valence-corrected chi connectivity index (χ0v) is 15.6. The van der Waals surface area contributed by atoms with Gasteiger partial charge in [0.1, 0.15) is 5.76 Å². The number of aliphatic hydroxyl groups is 2. The summed E-state index contributed by atoms with van der Waals surface area (Å²) in [4.78, 5) is 11.2. The Kier molecular flexibility index (Phi) is 10.2. The van der Waals surface area contributed by atoms with Crippen LogP contribution in [0.5, 0.6) is 0 Å². The molecule has 0 saturated heterocycles. The van der Waals surface area contributed by atoms with Gasteiger partial charge in [-0.05, 0) is 38.0 Å². The van der Waals surface area contributed by atoms with Gasteiger partial charge in [0.15, 0.2) is 0 Å². The Bertz CT molecular complexity index is 478. The summed E-state index contributed by atoms with van der Waals surface area (Å²) in [5.74, 6) is -0.0418. The summed E-state index contributed by atoms with van der Waals surface area (Å²) in [6, 6.07) is 0. The number of unbranched alkanes of at least 4 members (excludes halogenated alkanes) is 8. The van der Waals surface area contributed by atoms with Gasteiger partial charge in [-0.3, -0.25) is 0 Å². The first-order valence-corrected chi connectivity index (χ1v) is 9.56. The van der Waals surface area contributed by atoms with Crippen molar-refractivity contribution in [3.05, 3.63) is 36.1 Å². The Morgan fingerprint density at radius 3 is 2.20 bits per heavy atom. The number of ether oxygens (including phenoxy) is 1. The molecule has 0 amide bonds. The summed E-state index contributed by atoms with van der Waals surface area (Å²) in [7, 11) is 0. The zero-order chi connectivity index (χ0) is 18.5. The number of aliphatic hydroxyl groups excluding tert-OH is 1. The molecule has 4 nitrogen and oxygen atoms in total. The van der Waals surface area contributed by atoms with Crippen LogP contribution in [0.2, 0.25) is 0 Å². The Morgan fingerprint density at radius 2 is 1.68 bits per heavy atom. The molecule has 0 aromatic rings. The van der Waals surface area contributed by atoms with E-state index in [1.54, 1.807) is 25.2 Å². The lowest BCUT2D eigenvalue weighted by atomic mass is 9.89. The summed E-state index contributed by atoms with van der Waals surface area (Å²) < 4.78 is 5.06. The van der Waals surface area contributed by atoms with E-state index in [2.05, 4.69) is 6.58 Å². The molecule has 0 fully saturated rings. The maximum Gasteiger partial charge on any atom is 0.333 e. The van der Waals surface area contributed by atoms with Gasteiger partial charge in [0.25, 0.3) is 0 Å². The van der Waals surface area contributed by atoms with Gasteiger partial charge >= 0.3 is 5.97 Å². The number of hydrogen-bond acceptors (Lipinski definition) is 4. The molecule has 2 N–H and O–H groups in total. The molecular weight excluding hydrogens is 316 g/mol.